The molecule has 4 atom stereocenters. The smallest absolute Gasteiger partial charge is 0.407 e. The van der Waals surface area contributed by atoms with Crippen LogP contribution in [-0.2, 0) is 56.1 Å². The molecule has 3 aromatic rings. The van der Waals surface area contributed by atoms with Crippen LogP contribution in [0.4, 0.5) is 9.59 Å². The Labute approximate surface area is 381 Å². The summed E-state index contributed by atoms with van der Waals surface area (Å²) in [5.41, 5.74) is 1.75. The minimum absolute atomic E-state index is 0.00388. The summed E-state index contributed by atoms with van der Waals surface area (Å²) in [6, 6.07) is 19.4. The van der Waals surface area contributed by atoms with Gasteiger partial charge in [0, 0.05) is 16.6 Å². The molecular formula is C47H56BrN5O11. The van der Waals surface area contributed by atoms with Crippen molar-refractivity contribution in [2.75, 3.05) is 19.7 Å². The van der Waals surface area contributed by atoms with Gasteiger partial charge in [0.05, 0.1) is 19.2 Å². The molecule has 5 rings (SSSR count). The molecule has 1 heterocycles. The number of rotatable bonds is 20. The minimum Gasteiger partial charge on any atom is -0.458 e. The topological polar surface area (TPSA) is 207 Å². The summed E-state index contributed by atoms with van der Waals surface area (Å²) in [4.78, 5) is 112. The van der Waals surface area contributed by atoms with E-state index in [2.05, 4.69) is 31.9 Å². The predicted octanol–water partition coefficient (Wildman–Crippen LogP) is 5.91. The lowest BCUT2D eigenvalue weighted by molar-refractivity contribution is -0.169. The lowest BCUT2D eigenvalue weighted by atomic mass is 9.83. The number of amides is 6. The number of imide groups is 1. The normalized spacial score (nSPS) is 16.6. The molecule has 17 heteroatoms. The summed E-state index contributed by atoms with van der Waals surface area (Å²) in [5.74, 6) is -6.17. The summed E-state index contributed by atoms with van der Waals surface area (Å²) >= 11 is 3.44. The summed E-state index contributed by atoms with van der Waals surface area (Å²) in [5, 5.41) is 7.52. The number of nitrogens with zero attached hydrogens (tertiary/aromatic N) is 2. The fourth-order valence-corrected chi connectivity index (χ4v) is 8.03. The molecule has 3 aromatic carbocycles. The van der Waals surface area contributed by atoms with Crippen molar-refractivity contribution in [3.8, 4) is 0 Å². The highest BCUT2D eigenvalue weighted by Gasteiger charge is 2.49. The number of halogens is 1. The third-order valence-corrected chi connectivity index (χ3v) is 11.3. The average molecular weight is 947 g/mol. The first kappa shape index (κ1) is 48.9. The van der Waals surface area contributed by atoms with Crippen LogP contribution in [-0.4, -0.2) is 95.2 Å². The van der Waals surface area contributed by atoms with E-state index in [4.69, 9.17) is 14.2 Å². The Morgan fingerprint density at radius 2 is 1.50 bits per heavy atom. The van der Waals surface area contributed by atoms with E-state index in [-0.39, 0.29) is 44.6 Å². The van der Waals surface area contributed by atoms with Gasteiger partial charge in [-0.05, 0) is 54.4 Å². The zero-order valence-electron chi connectivity index (χ0n) is 36.3. The van der Waals surface area contributed by atoms with Crippen LogP contribution in [0.25, 0.3) is 0 Å². The van der Waals surface area contributed by atoms with Gasteiger partial charge in [-0.2, -0.15) is 0 Å². The lowest BCUT2D eigenvalue weighted by Crippen LogP contribution is -2.59. The molecule has 6 amide bonds. The highest BCUT2D eigenvalue weighted by molar-refractivity contribution is 9.10. The van der Waals surface area contributed by atoms with Crippen molar-refractivity contribution < 1.29 is 52.6 Å². The van der Waals surface area contributed by atoms with E-state index < -0.39 is 78.3 Å². The first-order chi connectivity index (χ1) is 30.7. The molecule has 1 aliphatic carbocycles. The zero-order valence-corrected chi connectivity index (χ0v) is 37.9. The number of carbonyl (C=O) groups is 8. The van der Waals surface area contributed by atoms with E-state index in [1.807, 2.05) is 26.0 Å². The van der Waals surface area contributed by atoms with Crippen LogP contribution >= 0.6 is 15.9 Å². The molecule has 64 heavy (non-hydrogen) atoms. The van der Waals surface area contributed by atoms with Crippen LogP contribution in [0.3, 0.4) is 0 Å². The SMILES string of the molecule is CCCC(NC(=O)C1CN(Cc2cccc(Br)c2)C(=O)N1C(=O)C(NC(=O)OCC(C)C)C1CCCCC1)C(=O)C(=O)NCC(=O)O[C@H](C(=O)OCc1ccccc1)c1ccccc1. The summed E-state index contributed by atoms with van der Waals surface area (Å²) in [6.45, 7) is 4.48. The number of alkyl carbamates (subject to hydrolysis) is 1. The van der Waals surface area contributed by atoms with Crippen LogP contribution in [0.5, 0.6) is 0 Å². The van der Waals surface area contributed by atoms with Crippen LogP contribution in [0.15, 0.2) is 89.4 Å². The van der Waals surface area contributed by atoms with E-state index in [0.717, 1.165) is 28.6 Å². The van der Waals surface area contributed by atoms with E-state index in [1.165, 1.54) is 4.90 Å². The monoisotopic (exact) mass is 945 g/mol. The Kier molecular flexibility index (Phi) is 18.4. The van der Waals surface area contributed by atoms with Gasteiger partial charge in [-0.3, -0.25) is 24.0 Å². The summed E-state index contributed by atoms with van der Waals surface area (Å²) < 4.78 is 17.0. The molecule has 2 aliphatic rings. The van der Waals surface area contributed by atoms with Crippen molar-refractivity contribution in [1.29, 1.82) is 0 Å². The van der Waals surface area contributed by atoms with Gasteiger partial charge < -0.3 is 35.1 Å². The molecule has 0 bridgehead atoms. The quantitative estimate of drug-likeness (QED) is 0.0690. The molecule has 3 unspecified atom stereocenters. The predicted molar refractivity (Wildman–Crippen MR) is 237 cm³/mol. The highest BCUT2D eigenvalue weighted by atomic mass is 79.9. The second-order valence-corrected chi connectivity index (χ2v) is 17.2. The van der Waals surface area contributed by atoms with E-state index >= 15 is 0 Å². The Bertz CT molecular complexity index is 2120. The van der Waals surface area contributed by atoms with Gasteiger partial charge in [-0.25, -0.2) is 19.3 Å². The number of ether oxygens (including phenoxy) is 3. The Morgan fingerprint density at radius 1 is 0.828 bits per heavy atom. The largest absolute Gasteiger partial charge is 0.458 e. The van der Waals surface area contributed by atoms with E-state index in [9.17, 15) is 38.4 Å². The van der Waals surface area contributed by atoms with Crippen molar-refractivity contribution >= 4 is 63.5 Å². The molecule has 3 N–H and O–H groups in total. The fraction of sp³-hybridized carbons (Fsp3) is 0.447. The van der Waals surface area contributed by atoms with Crippen molar-refractivity contribution in [2.24, 2.45) is 11.8 Å². The molecular weight excluding hydrogens is 890 g/mol. The number of ketones is 1. The van der Waals surface area contributed by atoms with Gasteiger partial charge in [-0.1, -0.05) is 135 Å². The zero-order chi connectivity index (χ0) is 46.2. The number of carbonyl (C=O) groups excluding carboxylic acids is 8. The van der Waals surface area contributed by atoms with E-state index in [0.29, 0.717) is 36.0 Å². The van der Waals surface area contributed by atoms with Gasteiger partial charge in [-0.15, -0.1) is 0 Å². The van der Waals surface area contributed by atoms with Crippen molar-refractivity contribution in [3.63, 3.8) is 0 Å². The van der Waals surface area contributed by atoms with Crippen molar-refractivity contribution in [2.45, 2.75) is 103 Å². The maximum absolute atomic E-state index is 14.6. The second-order valence-electron chi connectivity index (χ2n) is 16.3. The standard InChI is InChI=1S/C47H56BrN5O11/c1-4-15-36(40(55)43(57)49-25-38(54)64-41(34-21-12-7-13-22-34)45(59)62-29-31-16-8-5-9-17-31)50-42(56)37-27-52(26-32-18-14-23-35(48)24-32)47(61)53(37)44(58)39(33-19-10-6-11-20-33)51-46(60)63-28-30(2)3/h5,7-9,12-14,16-18,21-24,30,33,36-37,39,41H,4,6,10-11,15,19-20,25-29H2,1-3H3,(H,49,57)(H,50,56)(H,51,60)/t36?,37?,39?,41-/m0/s1. The Hall–Kier alpha value is -6.10. The third kappa shape index (κ3) is 13.9. The number of urea groups is 1. The maximum atomic E-state index is 14.6. The van der Waals surface area contributed by atoms with Gasteiger partial charge >= 0.3 is 24.1 Å². The average Bonchev–Trinajstić information content (AvgIpc) is 3.62. The van der Waals surface area contributed by atoms with Gasteiger partial charge in [0.25, 0.3) is 11.8 Å². The lowest BCUT2D eigenvalue weighted by Gasteiger charge is -2.33. The van der Waals surface area contributed by atoms with Gasteiger partial charge in [0.2, 0.25) is 17.8 Å². The first-order valence-electron chi connectivity index (χ1n) is 21.6. The number of Topliss-reactive ketones (excluding diaryl/α,β-unsaturated/α-hetero) is 1. The number of esters is 2. The molecule has 1 saturated heterocycles. The maximum Gasteiger partial charge on any atom is 0.407 e. The molecule has 0 radical (unpaired) electrons. The van der Waals surface area contributed by atoms with Crippen molar-refractivity contribution in [3.05, 3.63) is 106 Å². The van der Waals surface area contributed by atoms with Crippen LogP contribution in [0, 0.1) is 11.8 Å². The highest BCUT2D eigenvalue weighted by Crippen LogP contribution is 2.30. The van der Waals surface area contributed by atoms with Gasteiger partial charge in [0.15, 0.2) is 0 Å². The minimum atomic E-state index is -1.47. The Balaban J connectivity index is 1.30. The van der Waals surface area contributed by atoms with Crippen LogP contribution < -0.4 is 16.0 Å². The van der Waals surface area contributed by atoms with Crippen LogP contribution in [0.2, 0.25) is 0 Å². The first-order valence-corrected chi connectivity index (χ1v) is 22.4. The number of nitrogens with one attached hydrogen (secondary N) is 3. The summed E-state index contributed by atoms with van der Waals surface area (Å²) in [6.07, 6.45) is 1.80. The number of hydrogen-bond acceptors (Lipinski definition) is 11. The molecule has 16 nitrogen and oxygen atoms in total. The molecule has 0 aromatic heterocycles. The molecule has 0 spiro atoms. The van der Waals surface area contributed by atoms with Crippen LogP contribution in [0.1, 0.15) is 88.5 Å². The molecule has 342 valence electrons. The second kappa shape index (κ2) is 24.1. The molecule has 1 aliphatic heterocycles. The molecule has 1 saturated carbocycles. The molecule has 2 fully saturated rings. The summed E-state index contributed by atoms with van der Waals surface area (Å²) in [7, 11) is 0. The Morgan fingerprint density at radius 3 is 2.16 bits per heavy atom. The fourth-order valence-electron chi connectivity index (χ4n) is 7.58. The van der Waals surface area contributed by atoms with Gasteiger partial charge in [0.1, 0.15) is 25.2 Å². The number of hydrogen-bond donors (Lipinski definition) is 3. The number of benzene rings is 3. The van der Waals surface area contributed by atoms with E-state index in [1.54, 1.807) is 79.7 Å². The van der Waals surface area contributed by atoms with Crippen molar-refractivity contribution in [1.82, 2.24) is 25.8 Å². The third-order valence-electron chi connectivity index (χ3n) is 10.8.